The molecule has 1 aromatic carbocycles. The molecule has 2 aliphatic carbocycles. The number of rotatable bonds is 10. The van der Waals surface area contributed by atoms with Crippen LogP contribution in [-0.2, 0) is 6.42 Å². The molecule has 0 saturated heterocycles. The molecular weight excluding hydrogens is 362 g/mol. The van der Waals surface area contributed by atoms with Gasteiger partial charge in [0.05, 0.1) is 0 Å². The number of aryl methyl sites for hydroxylation is 1. The van der Waals surface area contributed by atoms with Gasteiger partial charge in [-0.1, -0.05) is 76.0 Å². The normalized spacial score (nSPS) is 25.1. The zero-order valence-electron chi connectivity index (χ0n) is 18.4. The van der Waals surface area contributed by atoms with Gasteiger partial charge < -0.3 is 0 Å². The van der Waals surface area contributed by atoms with Crippen LogP contribution in [0.2, 0.25) is 0 Å². The number of unbranched alkanes of at least 4 members (excludes halogenated alkanes) is 4. The highest BCUT2D eigenvalue weighted by Gasteiger charge is 2.28. The fourth-order valence-corrected chi connectivity index (χ4v) is 5.55. The number of benzene rings is 1. The van der Waals surface area contributed by atoms with E-state index in [1.165, 1.54) is 101 Å². The minimum Gasteiger partial charge on any atom is -0.204 e. The monoisotopic (exact) mass is 402 g/mol. The molecule has 0 bridgehead atoms. The lowest BCUT2D eigenvalue weighted by Crippen LogP contribution is -2.23. The molecule has 1 fully saturated rings. The van der Waals surface area contributed by atoms with Crippen LogP contribution in [-0.4, -0.2) is 0 Å². The summed E-state index contributed by atoms with van der Waals surface area (Å²) in [6, 6.07) is 4.31. The molecule has 0 radical (unpaired) electrons. The summed E-state index contributed by atoms with van der Waals surface area (Å²) in [5.74, 6) is 1.35. The van der Waals surface area contributed by atoms with Crippen LogP contribution in [0.1, 0.15) is 102 Å². The van der Waals surface area contributed by atoms with E-state index in [0.29, 0.717) is 0 Å². The summed E-state index contributed by atoms with van der Waals surface area (Å²) < 4.78 is 26.4. The van der Waals surface area contributed by atoms with Crippen LogP contribution in [0, 0.1) is 29.4 Å². The fraction of sp³-hybridized carbons (Fsp3) is 0.704. The molecule has 0 amide bonds. The van der Waals surface area contributed by atoms with E-state index in [1.807, 2.05) is 0 Å². The maximum absolute atomic E-state index is 13.4. The smallest absolute Gasteiger partial charge is 0.159 e. The van der Waals surface area contributed by atoms with Crippen LogP contribution in [0.25, 0.3) is 0 Å². The van der Waals surface area contributed by atoms with Gasteiger partial charge in [-0.25, -0.2) is 8.78 Å². The second-order valence-corrected chi connectivity index (χ2v) is 9.63. The van der Waals surface area contributed by atoms with Crippen molar-refractivity contribution in [3.63, 3.8) is 0 Å². The predicted molar refractivity (Wildman–Crippen MR) is 119 cm³/mol. The van der Waals surface area contributed by atoms with Crippen molar-refractivity contribution in [3.8, 4) is 0 Å². The highest BCUT2D eigenvalue weighted by atomic mass is 19.2. The van der Waals surface area contributed by atoms with E-state index in [-0.39, 0.29) is 0 Å². The van der Waals surface area contributed by atoms with E-state index in [9.17, 15) is 8.78 Å². The lowest BCUT2D eigenvalue weighted by atomic mass is 9.70. The van der Waals surface area contributed by atoms with Crippen molar-refractivity contribution in [2.24, 2.45) is 17.8 Å². The molecule has 0 spiro atoms. The highest BCUT2D eigenvalue weighted by Crippen LogP contribution is 2.41. The van der Waals surface area contributed by atoms with Gasteiger partial charge in [-0.15, -0.1) is 0 Å². The van der Waals surface area contributed by atoms with E-state index in [0.717, 1.165) is 36.2 Å². The topological polar surface area (TPSA) is 0 Å². The molecule has 2 heteroatoms. The summed E-state index contributed by atoms with van der Waals surface area (Å²) >= 11 is 0. The average Bonchev–Trinajstić information content (AvgIpc) is 2.75. The van der Waals surface area contributed by atoms with Gasteiger partial charge in [0.25, 0.3) is 0 Å². The lowest BCUT2D eigenvalue weighted by molar-refractivity contribution is 0.185. The molecule has 1 unspecified atom stereocenters. The first-order chi connectivity index (χ1) is 14.2. The molecule has 162 valence electrons. The maximum atomic E-state index is 13.4. The van der Waals surface area contributed by atoms with Crippen molar-refractivity contribution in [1.82, 2.24) is 0 Å². The zero-order valence-corrected chi connectivity index (χ0v) is 18.4. The summed E-state index contributed by atoms with van der Waals surface area (Å²) in [5.41, 5.74) is 2.42. The lowest BCUT2D eigenvalue weighted by Gasteiger charge is -2.35. The second kappa shape index (κ2) is 11.9. The molecule has 0 nitrogen and oxygen atoms in total. The third-order valence-corrected chi connectivity index (χ3v) is 7.54. The summed E-state index contributed by atoms with van der Waals surface area (Å²) in [4.78, 5) is 0. The van der Waals surface area contributed by atoms with Crippen molar-refractivity contribution in [2.45, 2.75) is 103 Å². The maximum Gasteiger partial charge on any atom is 0.159 e. The third kappa shape index (κ3) is 7.23. The largest absolute Gasteiger partial charge is 0.204 e. The first-order valence-corrected chi connectivity index (χ1v) is 12.3. The van der Waals surface area contributed by atoms with Gasteiger partial charge in [0.1, 0.15) is 0 Å². The number of halogens is 2. The third-order valence-electron chi connectivity index (χ3n) is 7.54. The van der Waals surface area contributed by atoms with E-state index < -0.39 is 11.6 Å². The number of allylic oxidation sites excluding steroid dienone is 2. The SMILES string of the molecule is CCCCCCCC1CCC(C2CC=C(CCc3ccc(F)c(F)c3)CC2)CC1. The summed E-state index contributed by atoms with van der Waals surface area (Å²) in [7, 11) is 0. The Kier molecular flexibility index (Phi) is 9.21. The second-order valence-electron chi connectivity index (χ2n) is 9.63. The summed E-state index contributed by atoms with van der Waals surface area (Å²) in [5, 5.41) is 0. The molecule has 2 aliphatic rings. The fourth-order valence-electron chi connectivity index (χ4n) is 5.55. The molecule has 1 aromatic rings. The molecule has 0 N–H and O–H groups in total. The van der Waals surface area contributed by atoms with Crippen molar-refractivity contribution in [1.29, 1.82) is 0 Å². The molecule has 0 heterocycles. The van der Waals surface area contributed by atoms with Crippen LogP contribution < -0.4 is 0 Å². The minimum atomic E-state index is -0.750. The number of hydrogen-bond acceptors (Lipinski definition) is 0. The Balaban J connectivity index is 1.34. The Morgan fingerprint density at radius 2 is 1.62 bits per heavy atom. The van der Waals surface area contributed by atoms with E-state index >= 15 is 0 Å². The van der Waals surface area contributed by atoms with E-state index in [4.69, 9.17) is 0 Å². The Bertz CT molecular complexity index is 640. The molecule has 3 rings (SSSR count). The number of hydrogen-bond donors (Lipinski definition) is 0. The molecule has 29 heavy (non-hydrogen) atoms. The Morgan fingerprint density at radius 1 is 0.828 bits per heavy atom. The summed E-state index contributed by atoms with van der Waals surface area (Å²) in [6.45, 7) is 2.29. The van der Waals surface area contributed by atoms with Gasteiger partial charge in [0.15, 0.2) is 11.6 Å². The van der Waals surface area contributed by atoms with Gasteiger partial charge in [-0.05, 0) is 80.4 Å². The van der Waals surface area contributed by atoms with Crippen LogP contribution in [0.3, 0.4) is 0 Å². The van der Waals surface area contributed by atoms with Crippen molar-refractivity contribution < 1.29 is 8.78 Å². The van der Waals surface area contributed by atoms with E-state index in [2.05, 4.69) is 13.0 Å². The highest BCUT2D eigenvalue weighted by molar-refractivity contribution is 5.20. The van der Waals surface area contributed by atoms with Gasteiger partial charge >= 0.3 is 0 Å². The van der Waals surface area contributed by atoms with Crippen molar-refractivity contribution >= 4 is 0 Å². The predicted octanol–water partition coefficient (Wildman–Crippen LogP) is 8.79. The molecule has 0 aliphatic heterocycles. The Labute approximate surface area is 177 Å². The standard InChI is InChI=1S/C27H40F2/c1-2-3-4-5-6-7-21-10-15-24(16-11-21)25-17-12-22(13-18-25)8-9-23-14-19-26(28)27(29)20-23/h12,14,19-21,24-25H,2-11,13,15-18H2,1H3. The van der Waals surface area contributed by atoms with Crippen LogP contribution in [0.15, 0.2) is 29.8 Å². The molecule has 1 saturated carbocycles. The van der Waals surface area contributed by atoms with Crippen molar-refractivity contribution in [2.75, 3.05) is 0 Å². The van der Waals surface area contributed by atoms with Crippen molar-refractivity contribution in [3.05, 3.63) is 47.0 Å². The zero-order chi connectivity index (χ0) is 20.5. The Morgan fingerprint density at radius 3 is 2.31 bits per heavy atom. The van der Waals surface area contributed by atoms with Gasteiger partial charge in [-0.3, -0.25) is 0 Å². The quantitative estimate of drug-likeness (QED) is 0.271. The minimum absolute atomic E-state index is 0.725. The first kappa shape index (κ1) is 22.5. The van der Waals surface area contributed by atoms with Crippen LogP contribution in [0.4, 0.5) is 8.78 Å². The van der Waals surface area contributed by atoms with Gasteiger partial charge in [0.2, 0.25) is 0 Å². The average molecular weight is 403 g/mol. The van der Waals surface area contributed by atoms with Gasteiger partial charge in [-0.2, -0.15) is 0 Å². The Hall–Kier alpha value is -1.18. The van der Waals surface area contributed by atoms with Crippen LogP contribution >= 0.6 is 0 Å². The molecular formula is C27H40F2. The molecule has 0 aromatic heterocycles. The van der Waals surface area contributed by atoms with Crippen LogP contribution in [0.5, 0.6) is 0 Å². The summed E-state index contributed by atoms with van der Waals surface area (Å²) in [6.07, 6.45) is 22.4. The van der Waals surface area contributed by atoms with Gasteiger partial charge in [0, 0.05) is 0 Å². The molecule has 1 atom stereocenters. The first-order valence-electron chi connectivity index (χ1n) is 12.3. The van der Waals surface area contributed by atoms with E-state index in [1.54, 1.807) is 6.07 Å².